The minimum Gasteiger partial charge on any atom is -0.496 e. The SMILES string of the molecule is COc1cc2oc(=O)cc(C)c2cc1CCC(=O)Nc1ncc([N+](=O)[O-])s1. The molecule has 2 aromatic heterocycles. The number of rotatable bonds is 6. The van der Waals surface area contributed by atoms with E-state index in [2.05, 4.69) is 10.3 Å². The molecule has 3 rings (SSSR count). The molecule has 0 atom stereocenters. The number of methoxy groups -OCH3 is 1. The maximum atomic E-state index is 12.1. The highest BCUT2D eigenvalue weighted by Crippen LogP contribution is 2.29. The van der Waals surface area contributed by atoms with Crippen LogP contribution in [-0.4, -0.2) is 22.9 Å². The van der Waals surface area contributed by atoms with E-state index in [1.807, 2.05) is 6.07 Å². The standard InChI is InChI=1S/C17H15N3O6S/c1-9-5-16(22)26-13-7-12(25-2)10(6-11(9)13)3-4-14(21)19-17-18-8-15(27-17)20(23)24/h5-8H,3-4H2,1-2H3,(H,18,19,21). The van der Waals surface area contributed by atoms with Gasteiger partial charge in [-0.2, -0.15) is 0 Å². The van der Waals surface area contributed by atoms with Crippen LogP contribution in [0.1, 0.15) is 17.5 Å². The molecule has 1 N–H and O–H groups in total. The fraction of sp³-hybridized carbons (Fsp3) is 0.235. The number of aromatic nitrogens is 1. The molecule has 0 fully saturated rings. The summed E-state index contributed by atoms with van der Waals surface area (Å²) in [6, 6.07) is 4.86. The van der Waals surface area contributed by atoms with Crippen molar-refractivity contribution in [1.29, 1.82) is 0 Å². The molecule has 3 aromatic rings. The smallest absolute Gasteiger partial charge is 0.345 e. The van der Waals surface area contributed by atoms with Gasteiger partial charge in [0.05, 0.1) is 12.0 Å². The van der Waals surface area contributed by atoms with Crippen LogP contribution in [0.5, 0.6) is 5.75 Å². The quantitative estimate of drug-likeness (QED) is 0.390. The van der Waals surface area contributed by atoms with Crippen LogP contribution in [-0.2, 0) is 11.2 Å². The van der Waals surface area contributed by atoms with Gasteiger partial charge in [-0.1, -0.05) is 0 Å². The van der Waals surface area contributed by atoms with Gasteiger partial charge in [0.1, 0.15) is 17.5 Å². The molecule has 0 spiro atoms. The van der Waals surface area contributed by atoms with Crippen molar-refractivity contribution in [2.75, 3.05) is 12.4 Å². The summed E-state index contributed by atoms with van der Waals surface area (Å²) in [7, 11) is 1.49. The van der Waals surface area contributed by atoms with E-state index in [0.29, 0.717) is 17.8 Å². The van der Waals surface area contributed by atoms with Gasteiger partial charge in [0.2, 0.25) is 5.91 Å². The van der Waals surface area contributed by atoms with E-state index in [1.165, 1.54) is 13.2 Å². The van der Waals surface area contributed by atoms with Gasteiger partial charge in [0.15, 0.2) is 5.13 Å². The number of nitrogens with one attached hydrogen (secondary N) is 1. The first-order valence-corrected chi connectivity index (χ1v) is 8.70. The molecule has 1 aromatic carbocycles. The Bertz CT molecular complexity index is 1090. The highest BCUT2D eigenvalue weighted by molar-refractivity contribution is 7.18. The lowest BCUT2D eigenvalue weighted by atomic mass is 10.0. The highest BCUT2D eigenvalue weighted by atomic mass is 32.1. The van der Waals surface area contributed by atoms with Crippen LogP contribution in [0.4, 0.5) is 10.1 Å². The van der Waals surface area contributed by atoms with E-state index < -0.39 is 10.5 Å². The Kier molecular flexibility index (Phi) is 5.17. The minimum absolute atomic E-state index is 0.130. The maximum absolute atomic E-state index is 12.1. The first kappa shape index (κ1) is 18.5. The zero-order valence-corrected chi connectivity index (χ0v) is 15.3. The first-order chi connectivity index (χ1) is 12.9. The summed E-state index contributed by atoms with van der Waals surface area (Å²) in [4.78, 5) is 37.5. The fourth-order valence-corrected chi connectivity index (χ4v) is 3.26. The Morgan fingerprint density at radius 1 is 1.41 bits per heavy atom. The number of hydrogen-bond donors (Lipinski definition) is 1. The minimum atomic E-state index is -0.562. The van der Waals surface area contributed by atoms with Gasteiger partial charge in [0.25, 0.3) is 0 Å². The average Bonchev–Trinajstić information content (AvgIpc) is 3.08. The zero-order valence-electron chi connectivity index (χ0n) is 14.5. The summed E-state index contributed by atoms with van der Waals surface area (Å²) in [5.74, 6) is 0.187. The number of carbonyl (C=O) groups is 1. The van der Waals surface area contributed by atoms with Crippen LogP contribution in [0.2, 0.25) is 0 Å². The molecule has 0 unspecified atom stereocenters. The number of nitrogens with zero attached hydrogens (tertiary/aromatic N) is 2. The molecule has 0 saturated heterocycles. The lowest BCUT2D eigenvalue weighted by molar-refractivity contribution is -0.380. The van der Waals surface area contributed by atoms with Gasteiger partial charge in [-0.05, 0) is 41.9 Å². The molecule has 0 saturated carbocycles. The van der Waals surface area contributed by atoms with E-state index in [-0.39, 0.29) is 22.5 Å². The predicted molar refractivity (Wildman–Crippen MR) is 99.5 cm³/mol. The summed E-state index contributed by atoms with van der Waals surface area (Å²) in [5, 5.41) is 14.0. The molecule has 2 heterocycles. The van der Waals surface area contributed by atoms with Crippen molar-refractivity contribution in [1.82, 2.24) is 4.98 Å². The second kappa shape index (κ2) is 7.54. The molecule has 0 radical (unpaired) electrons. The Hall–Kier alpha value is -3.27. The van der Waals surface area contributed by atoms with E-state index >= 15 is 0 Å². The summed E-state index contributed by atoms with van der Waals surface area (Å²) < 4.78 is 10.5. The molecule has 0 bridgehead atoms. The van der Waals surface area contributed by atoms with Crippen molar-refractivity contribution in [2.24, 2.45) is 0 Å². The molecule has 140 valence electrons. The van der Waals surface area contributed by atoms with Gasteiger partial charge >= 0.3 is 10.6 Å². The largest absolute Gasteiger partial charge is 0.496 e. The van der Waals surface area contributed by atoms with Crippen molar-refractivity contribution in [2.45, 2.75) is 19.8 Å². The number of anilines is 1. The van der Waals surface area contributed by atoms with E-state index in [1.54, 1.807) is 13.0 Å². The van der Waals surface area contributed by atoms with Crippen LogP contribution in [0.15, 0.2) is 33.6 Å². The van der Waals surface area contributed by atoms with Gasteiger partial charge in [-0.3, -0.25) is 14.9 Å². The number of hydrogen-bond acceptors (Lipinski definition) is 8. The van der Waals surface area contributed by atoms with E-state index in [0.717, 1.165) is 34.0 Å². The van der Waals surface area contributed by atoms with Crippen molar-refractivity contribution in [3.05, 3.63) is 56.1 Å². The highest BCUT2D eigenvalue weighted by Gasteiger charge is 2.15. The second-order valence-electron chi connectivity index (χ2n) is 5.72. The Morgan fingerprint density at radius 2 is 2.19 bits per heavy atom. The first-order valence-electron chi connectivity index (χ1n) is 7.89. The Labute approximate surface area is 156 Å². The molecule has 27 heavy (non-hydrogen) atoms. The summed E-state index contributed by atoms with van der Waals surface area (Å²) >= 11 is 0.795. The van der Waals surface area contributed by atoms with Crippen molar-refractivity contribution >= 4 is 38.3 Å². The van der Waals surface area contributed by atoms with Crippen LogP contribution in [0, 0.1) is 17.0 Å². The van der Waals surface area contributed by atoms with Crippen molar-refractivity contribution in [3.63, 3.8) is 0 Å². The average molecular weight is 389 g/mol. The Balaban J connectivity index is 1.76. The molecule has 10 heteroatoms. The summed E-state index contributed by atoms with van der Waals surface area (Å²) in [5.41, 5.74) is 1.53. The molecular formula is C17H15N3O6S. The zero-order chi connectivity index (χ0) is 19.6. The van der Waals surface area contributed by atoms with Gasteiger partial charge in [-0.25, -0.2) is 9.78 Å². The number of aryl methyl sites for hydroxylation is 2. The monoisotopic (exact) mass is 389 g/mol. The number of fused-ring (bicyclic) bond motifs is 1. The molecule has 0 aliphatic carbocycles. The van der Waals surface area contributed by atoms with E-state index in [9.17, 15) is 19.7 Å². The third-order valence-electron chi connectivity index (χ3n) is 3.89. The van der Waals surface area contributed by atoms with Crippen molar-refractivity contribution < 1.29 is 18.9 Å². The van der Waals surface area contributed by atoms with Gasteiger partial charge in [0, 0.05) is 23.9 Å². The second-order valence-corrected chi connectivity index (χ2v) is 6.73. The van der Waals surface area contributed by atoms with Crippen LogP contribution in [0.3, 0.4) is 0 Å². The summed E-state index contributed by atoms with van der Waals surface area (Å²) in [6.45, 7) is 1.80. The Morgan fingerprint density at radius 3 is 2.85 bits per heavy atom. The number of thiazole rings is 1. The van der Waals surface area contributed by atoms with Crippen molar-refractivity contribution in [3.8, 4) is 5.75 Å². The molecular weight excluding hydrogens is 374 g/mol. The normalized spacial score (nSPS) is 10.7. The van der Waals surface area contributed by atoms with E-state index in [4.69, 9.17) is 9.15 Å². The van der Waals surface area contributed by atoms with Crippen LogP contribution in [0.25, 0.3) is 11.0 Å². The number of benzene rings is 1. The molecule has 1 amide bonds. The van der Waals surface area contributed by atoms with Crippen LogP contribution < -0.4 is 15.7 Å². The number of ether oxygens (including phenoxy) is 1. The van der Waals surface area contributed by atoms with Crippen LogP contribution >= 0.6 is 11.3 Å². The summed E-state index contributed by atoms with van der Waals surface area (Å²) in [6.07, 6.45) is 1.60. The molecule has 0 aliphatic rings. The number of carbonyl (C=O) groups excluding carboxylic acids is 1. The number of amides is 1. The predicted octanol–water partition coefficient (Wildman–Crippen LogP) is 3.05. The molecule has 0 aliphatic heterocycles. The van der Waals surface area contributed by atoms with Gasteiger partial charge < -0.3 is 14.5 Å². The number of nitro groups is 1. The lowest BCUT2D eigenvalue weighted by Gasteiger charge is -2.10. The lowest BCUT2D eigenvalue weighted by Crippen LogP contribution is -2.12. The van der Waals surface area contributed by atoms with Gasteiger partial charge in [-0.15, -0.1) is 0 Å². The topological polar surface area (TPSA) is 125 Å². The third-order valence-corrected chi connectivity index (χ3v) is 4.76. The fourth-order valence-electron chi connectivity index (χ4n) is 2.61. The third kappa shape index (κ3) is 4.11. The maximum Gasteiger partial charge on any atom is 0.345 e. The molecule has 9 nitrogen and oxygen atoms in total.